The summed E-state index contributed by atoms with van der Waals surface area (Å²) in [5.74, 6) is -0.956. The van der Waals surface area contributed by atoms with Gasteiger partial charge in [0, 0.05) is 17.6 Å². The van der Waals surface area contributed by atoms with Gasteiger partial charge in [0.25, 0.3) is 5.91 Å². The molecule has 0 spiro atoms. The SMILES string of the molecule is O=C(NN[C@@H](C(=O)N1CCCCC1)c1ccccc1)c1ccc(F)cc1Br. The first-order valence-electron chi connectivity index (χ1n) is 8.91. The maximum Gasteiger partial charge on any atom is 0.266 e. The monoisotopic (exact) mass is 433 g/mol. The molecule has 0 radical (unpaired) electrons. The maximum absolute atomic E-state index is 13.2. The van der Waals surface area contributed by atoms with Crippen LogP contribution in [0.3, 0.4) is 0 Å². The molecule has 2 aromatic carbocycles. The standard InChI is InChI=1S/C20H21BrFN3O2/c21-17-13-15(22)9-10-16(17)19(26)24-23-18(14-7-3-1-4-8-14)20(27)25-11-5-2-6-12-25/h1,3-4,7-10,13,18,23H,2,5-6,11-12H2,(H,24,26)/t18-/m1/s1. The lowest BCUT2D eigenvalue weighted by Crippen LogP contribution is -2.48. The molecule has 0 unspecified atom stereocenters. The summed E-state index contributed by atoms with van der Waals surface area (Å²) in [7, 11) is 0. The van der Waals surface area contributed by atoms with Crippen LogP contribution in [0.2, 0.25) is 0 Å². The zero-order chi connectivity index (χ0) is 19.2. The number of amides is 2. The molecule has 1 fully saturated rings. The number of rotatable bonds is 5. The summed E-state index contributed by atoms with van der Waals surface area (Å²) < 4.78 is 13.6. The van der Waals surface area contributed by atoms with Gasteiger partial charge in [-0.1, -0.05) is 30.3 Å². The van der Waals surface area contributed by atoms with Crippen LogP contribution < -0.4 is 10.9 Å². The Kier molecular flexibility index (Phi) is 6.58. The van der Waals surface area contributed by atoms with Gasteiger partial charge in [-0.25, -0.2) is 9.82 Å². The van der Waals surface area contributed by atoms with E-state index in [0.717, 1.165) is 37.9 Å². The molecule has 2 aromatic rings. The lowest BCUT2D eigenvalue weighted by Gasteiger charge is -2.31. The fraction of sp³-hybridized carbons (Fsp3) is 0.300. The molecule has 142 valence electrons. The summed E-state index contributed by atoms with van der Waals surface area (Å²) in [6, 6.07) is 12.4. The highest BCUT2D eigenvalue weighted by molar-refractivity contribution is 9.10. The number of hydrogen-bond acceptors (Lipinski definition) is 3. The molecule has 27 heavy (non-hydrogen) atoms. The molecule has 0 bridgehead atoms. The van der Waals surface area contributed by atoms with Gasteiger partial charge in [-0.2, -0.15) is 0 Å². The molecular weight excluding hydrogens is 413 g/mol. The normalized spacial score (nSPS) is 15.3. The first kappa shape index (κ1) is 19.5. The fourth-order valence-electron chi connectivity index (χ4n) is 3.11. The first-order valence-corrected chi connectivity index (χ1v) is 9.70. The quantitative estimate of drug-likeness (QED) is 0.708. The molecule has 1 aliphatic heterocycles. The third kappa shape index (κ3) is 4.93. The third-order valence-electron chi connectivity index (χ3n) is 4.55. The van der Waals surface area contributed by atoms with E-state index >= 15 is 0 Å². The first-order chi connectivity index (χ1) is 13.1. The molecular formula is C20H21BrFN3O2. The van der Waals surface area contributed by atoms with Crippen molar-refractivity contribution >= 4 is 27.7 Å². The minimum absolute atomic E-state index is 0.0700. The van der Waals surface area contributed by atoms with Crippen molar-refractivity contribution in [1.82, 2.24) is 15.8 Å². The molecule has 2 amide bonds. The number of hydrogen-bond donors (Lipinski definition) is 2. The number of hydrazine groups is 1. The molecule has 2 N–H and O–H groups in total. The van der Waals surface area contributed by atoms with Crippen molar-refractivity contribution in [1.29, 1.82) is 0 Å². The van der Waals surface area contributed by atoms with Gasteiger partial charge in [-0.05, 0) is 59.0 Å². The molecule has 0 saturated carbocycles. The second kappa shape index (κ2) is 9.10. The number of carbonyl (C=O) groups is 2. The molecule has 1 heterocycles. The zero-order valence-electron chi connectivity index (χ0n) is 14.8. The van der Waals surface area contributed by atoms with Gasteiger partial charge in [0.15, 0.2) is 0 Å². The fourth-order valence-corrected chi connectivity index (χ4v) is 3.64. The van der Waals surface area contributed by atoms with Gasteiger partial charge in [0.1, 0.15) is 11.9 Å². The summed E-state index contributed by atoms with van der Waals surface area (Å²) in [6.07, 6.45) is 3.10. The van der Waals surface area contributed by atoms with E-state index in [1.165, 1.54) is 18.2 Å². The number of piperidine rings is 1. The second-order valence-electron chi connectivity index (χ2n) is 6.45. The van der Waals surface area contributed by atoms with Gasteiger partial charge in [-0.3, -0.25) is 15.0 Å². The molecule has 7 heteroatoms. The topological polar surface area (TPSA) is 61.4 Å². The van der Waals surface area contributed by atoms with E-state index in [9.17, 15) is 14.0 Å². The third-order valence-corrected chi connectivity index (χ3v) is 5.21. The van der Waals surface area contributed by atoms with Gasteiger partial charge in [-0.15, -0.1) is 0 Å². The molecule has 1 saturated heterocycles. The van der Waals surface area contributed by atoms with E-state index in [2.05, 4.69) is 26.8 Å². The Morgan fingerprint density at radius 3 is 2.41 bits per heavy atom. The predicted molar refractivity (Wildman–Crippen MR) is 104 cm³/mol. The number of likely N-dealkylation sites (tertiary alicyclic amines) is 1. The largest absolute Gasteiger partial charge is 0.341 e. The van der Waals surface area contributed by atoms with E-state index in [-0.39, 0.29) is 11.5 Å². The van der Waals surface area contributed by atoms with Crippen LogP contribution >= 0.6 is 15.9 Å². The average molecular weight is 434 g/mol. The van der Waals surface area contributed by atoms with Crippen LogP contribution in [0, 0.1) is 5.82 Å². The number of nitrogens with zero attached hydrogens (tertiary/aromatic N) is 1. The molecule has 3 rings (SSSR count). The molecule has 1 atom stereocenters. The van der Waals surface area contributed by atoms with Crippen LogP contribution in [0.4, 0.5) is 4.39 Å². The number of nitrogens with one attached hydrogen (secondary N) is 2. The van der Waals surface area contributed by atoms with E-state index in [1.54, 1.807) is 0 Å². The van der Waals surface area contributed by atoms with Crippen LogP contribution in [-0.2, 0) is 4.79 Å². The predicted octanol–water partition coefficient (Wildman–Crippen LogP) is 3.58. The van der Waals surface area contributed by atoms with Crippen LogP contribution in [-0.4, -0.2) is 29.8 Å². The second-order valence-corrected chi connectivity index (χ2v) is 7.31. The van der Waals surface area contributed by atoms with Crippen molar-refractivity contribution < 1.29 is 14.0 Å². The lowest BCUT2D eigenvalue weighted by molar-refractivity contribution is -0.134. The smallest absolute Gasteiger partial charge is 0.266 e. The van der Waals surface area contributed by atoms with E-state index < -0.39 is 17.8 Å². The molecule has 0 aliphatic carbocycles. The van der Waals surface area contributed by atoms with Crippen molar-refractivity contribution in [2.24, 2.45) is 0 Å². The summed E-state index contributed by atoms with van der Waals surface area (Å²) in [5.41, 5.74) is 6.51. The van der Waals surface area contributed by atoms with Crippen molar-refractivity contribution in [3.63, 3.8) is 0 Å². The van der Waals surface area contributed by atoms with Gasteiger partial charge < -0.3 is 4.90 Å². The Bertz CT molecular complexity index is 810. The zero-order valence-corrected chi connectivity index (χ0v) is 16.3. The molecule has 0 aromatic heterocycles. The van der Waals surface area contributed by atoms with E-state index in [0.29, 0.717) is 4.47 Å². The van der Waals surface area contributed by atoms with E-state index in [4.69, 9.17) is 0 Å². The highest BCUT2D eigenvalue weighted by Gasteiger charge is 2.27. The summed E-state index contributed by atoms with van der Waals surface area (Å²) in [5, 5.41) is 0. The Balaban J connectivity index is 1.75. The Labute approximate surface area is 166 Å². The Morgan fingerprint density at radius 1 is 1.04 bits per heavy atom. The number of halogens is 2. The molecule has 5 nitrogen and oxygen atoms in total. The van der Waals surface area contributed by atoms with Crippen molar-refractivity contribution in [2.75, 3.05) is 13.1 Å². The molecule has 1 aliphatic rings. The highest BCUT2D eigenvalue weighted by Crippen LogP contribution is 2.20. The lowest BCUT2D eigenvalue weighted by atomic mass is 10.0. The highest BCUT2D eigenvalue weighted by atomic mass is 79.9. The summed E-state index contributed by atoms with van der Waals surface area (Å²) in [6.45, 7) is 1.45. The Hall–Kier alpha value is -2.25. The maximum atomic E-state index is 13.2. The van der Waals surface area contributed by atoms with Crippen LogP contribution in [0.15, 0.2) is 53.0 Å². The van der Waals surface area contributed by atoms with Crippen LogP contribution in [0.5, 0.6) is 0 Å². The van der Waals surface area contributed by atoms with Gasteiger partial charge >= 0.3 is 0 Å². The summed E-state index contributed by atoms with van der Waals surface area (Å²) in [4.78, 5) is 27.3. The van der Waals surface area contributed by atoms with E-state index in [1.807, 2.05) is 35.2 Å². The van der Waals surface area contributed by atoms with Crippen molar-refractivity contribution in [3.05, 3.63) is 69.9 Å². The average Bonchev–Trinajstić information content (AvgIpc) is 2.69. The Morgan fingerprint density at radius 2 is 1.74 bits per heavy atom. The van der Waals surface area contributed by atoms with Crippen molar-refractivity contribution in [2.45, 2.75) is 25.3 Å². The van der Waals surface area contributed by atoms with Crippen LogP contribution in [0.25, 0.3) is 0 Å². The minimum atomic E-state index is -0.688. The number of carbonyl (C=O) groups excluding carboxylic acids is 2. The van der Waals surface area contributed by atoms with Gasteiger partial charge in [0.2, 0.25) is 5.91 Å². The van der Waals surface area contributed by atoms with Crippen molar-refractivity contribution in [3.8, 4) is 0 Å². The minimum Gasteiger partial charge on any atom is -0.341 e. The number of benzene rings is 2. The summed E-state index contributed by atoms with van der Waals surface area (Å²) >= 11 is 3.19. The van der Waals surface area contributed by atoms with Crippen LogP contribution in [0.1, 0.15) is 41.2 Å². The van der Waals surface area contributed by atoms with Gasteiger partial charge in [0.05, 0.1) is 5.56 Å².